The van der Waals surface area contributed by atoms with E-state index in [0.717, 1.165) is 32.1 Å². The summed E-state index contributed by atoms with van der Waals surface area (Å²) in [5, 5.41) is 5.74. The van der Waals surface area contributed by atoms with Gasteiger partial charge in [0.2, 0.25) is 11.8 Å². The molecule has 2 heterocycles. The van der Waals surface area contributed by atoms with Gasteiger partial charge in [0.05, 0.1) is 6.54 Å². The van der Waals surface area contributed by atoms with Gasteiger partial charge in [-0.1, -0.05) is 0 Å². The molecule has 0 spiro atoms. The highest BCUT2D eigenvalue weighted by Crippen LogP contribution is 2.29. The maximum atomic E-state index is 12.3. The van der Waals surface area contributed by atoms with E-state index in [9.17, 15) is 9.59 Å². The molecule has 6 nitrogen and oxygen atoms in total. The van der Waals surface area contributed by atoms with Gasteiger partial charge in [-0.05, 0) is 18.8 Å². The van der Waals surface area contributed by atoms with Gasteiger partial charge in [-0.15, -0.1) is 0 Å². The summed E-state index contributed by atoms with van der Waals surface area (Å²) < 4.78 is 0. The SMILES string of the molecule is O=C1CNC(C(=O)N2CCN(CC3CC3)CC2)CN1. The second kappa shape index (κ2) is 5.46. The molecular formula is C13H22N4O2. The largest absolute Gasteiger partial charge is 0.353 e. The summed E-state index contributed by atoms with van der Waals surface area (Å²) in [4.78, 5) is 27.7. The molecule has 2 N–H and O–H groups in total. The van der Waals surface area contributed by atoms with E-state index in [1.165, 1.54) is 19.4 Å². The van der Waals surface area contributed by atoms with E-state index in [4.69, 9.17) is 0 Å². The van der Waals surface area contributed by atoms with Gasteiger partial charge < -0.3 is 10.2 Å². The maximum absolute atomic E-state index is 12.3. The first kappa shape index (κ1) is 12.9. The molecule has 0 aromatic heterocycles. The van der Waals surface area contributed by atoms with Crippen LogP contribution >= 0.6 is 0 Å². The van der Waals surface area contributed by atoms with Gasteiger partial charge in [0.1, 0.15) is 6.04 Å². The monoisotopic (exact) mass is 266 g/mol. The molecule has 1 atom stereocenters. The fraction of sp³-hybridized carbons (Fsp3) is 0.846. The van der Waals surface area contributed by atoms with E-state index < -0.39 is 0 Å². The first-order valence-electron chi connectivity index (χ1n) is 7.23. The lowest BCUT2D eigenvalue weighted by atomic mass is 10.2. The maximum Gasteiger partial charge on any atom is 0.241 e. The van der Waals surface area contributed by atoms with Crippen molar-refractivity contribution in [2.24, 2.45) is 5.92 Å². The minimum absolute atomic E-state index is 0.0293. The Balaban J connectivity index is 1.44. The number of carbonyl (C=O) groups excluding carboxylic acids is 2. The van der Waals surface area contributed by atoms with Crippen LogP contribution in [-0.4, -0.2) is 73.5 Å². The van der Waals surface area contributed by atoms with Crippen molar-refractivity contribution in [2.75, 3.05) is 45.8 Å². The van der Waals surface area contributed by atoms with Crippen molar-refractivity contribution in [1.29, 1.82) is 0 Å². The van der Waals surface area contributed by atoms with E-state index in [2.05, 4.69) is 15.5 Å². The quantitative estimate of drug-likeness (QED) is 0.661. The Bertz CT molecular complexity index is 352. The first-order chi connectivity index (χ1) is 9.22. The number of piperazine rings is 2. The fourth-order valence-electron chi connectivity index (χ4n) is 2.78. The first-order valence-corrected chi connectivity index (χ1v) is 7.23. The third-order valence-electron chi connectivity index (χ3n) is 4.21. The summed E-state index contributed by atoms with van der Waals surface area (Å²) in [6, 6.07) is -0.243. The van der Waals surface area contributed by atoms with E-state index in [1.54, 1.807) is 0 Å². The molecule has 106 valence electrons. The van der Waals surface area contributed by atoms with Crippen LogP contribution in [0.25, 0.3) is 0 Å². The van der Waals surface area contributed by atoms with Crippen LogP contribution in [0.15, 0.2) is 0 Å². The minimum Gasteiger partial charge on any atom is -0.353 e. The zero-order valence-electron chi connectivity index (χ0n) is 11.2. The lowest BCUT2D eigenvalue weighted by Crippen LogP contribution is -2.61. The normalized spacial score (nSPS) is 29.2. The zero-order chi connectivity index (χ0) is 13.2. The summed E-state index contributed by atoms with van der Waals surface area (Å²) >= 11 is 0. The van der Waals surface area contributed by atoms with Crippen molar-refractivity contribution in [3.05, 3.63) is 0 Å². The molecule has 3 aliphatic rings. The summed E-state index contributed by atoms with van der Waals surface area (Å²) in [6.45, 7) is 5.48. The molecule has 0 bridgehead atoms. The summed E-state index contributed by atoms with van der Waals surface area (Å²) in [5.41, 5.74) is 0. The van der Waals surface area contributed by atoms with Gasteiger partial charge >= 0.3 is 0 Å². The number of carbonyl (C=O) groups is 2. The Morgan fingerprint density at radius 1 is 1.21 bits per heavy atom. The molecule has 1 unspecified atom stereocenters. The number of hydrogen-bond acceptors (Lipinski definition) is 4. The van der Waals surface area contributed by atoms with Gasteiger partial charge in [0.15, 0.2) is 0 Å². The average molecular weight is 266 g/mol. The molecular weight excluding hydrogens is 244 g/mol. The summed E-state index contributed by atoms with van der Waals surface area (Å²) in [7, 11) is 0. The van der Waals surface area contributed by atoms with Crippen LogP contribution in [0.3, 0.4) is 0 Å². The number of hydrogen-bond donors (Lipinski definition) is 2. The van der Waals surface area contributed by atoms with Gasteiger partial charge in [-0.3, -0.25) is 19.8 Å². The second-order valence-electron chi connectivity index (χ2n) is 5.81. The molecule has 3 fully saturated rings. The fourth-order valence-corrected chi connectivity index (χ4v) is 2.78. The van der Waals surface area contributed by atoms with Crippen LogP contribution < -0.4 is 10.6 Å². The van der Waals surface area contributed by atoms with Crippen molar-refractivity contribution in [1.82, 2.24) is 20.4 Å². The molecule has 2 aliphatic heterocycles. The van der Waals surface area contributed by atoms with Gasteiger partial charge in [0, 0.05) is 39.3 Å². The average Bonchev–Trinajstić information content (AvgIpc) is 3.24. The molecule has 1 saturated carbocycles. The molecule has 3 rings (SSSR count). The Morgan fingerprint density at radius 3 is 2.53 bits per heavy atom. The number of nitrogens with one attached hydrogen (secondary N) is 2. The number of nitrogens with zero attached hydrogens (tertiary/aromatic N) is 2. The topological polar surface area (TPSA) is 64.7 Å². The van der Waals surface area contributed by atoms with Crippen LogP contribution in [-0.2, 0) is 9.59 Å². The molecule has 0 aromatic carbocycles. The standard InChI is InChI=1S/C13H22N4O2/c18-12-8-14-11(7-15-12)13(19)17-5-3-16(4-6-17)9-10-1-2-10/h10-11,14H,1-9H2,(H,15,18). The Kier molecular flexibility index (Phi) is 3.70. The van der Waals surface area contributed by atoms with Gasteiger partial charge in [-0.25, -0.2) is 0 Å². The third-order valence-corrected chi connectivity index (χ3v) is 4.21. The number of rotatable bonds is 3. The van der Waals surface area contributed by atoms with Crippen molar-refractivity contribution in [3.8, 4) is 0 Å². The Morgan fingerprint density at radius 2 is 1.95 bits per heavy atom. The Hall–Kier alpha value is -1.14. The van der Waals surface area contributed by atoms with Crippen molar-refractivity contribution >= 4 is 11.8 Å². The number of amides is 2. The minimum atomic E-state index is -0.243. The summed E-state index contributed by atoms with van der Waals surface area (Å²) in [6.07, 6.45) is 2.76. The second-order valence-corrected chi connectivity index (χ2v) is 5.81. The van der Waals surface area contributed by atoms with Crippen molar-refractivity contribution < 1.29 is 9.59 Å². The molecule has 0 aromatic rings. The molecule has 1 aliphatic carbocycles. The predicted molar refractivity (Wildman–Crippen MR) is 70.5 cm³/mol. The van der Waals surface area contributed by atoms with Crippen molar-refractivity contribution in [2.45, 2.75) is 18.9 Å². The van der Waals surface area contributed by atoms with Crippen LogP contribution in [0, 0.1) is 5.92 Å². The highest BCUT2D eigenvalue weighted by molar-refractivity contribution is 5.86. The molecule has 0 radical (unpaired) electrons. The van der Waals surface area contributed by atoms with E-state index >= 15 is 0 Å². The summed E-state index contributed by atoms with van der Waals surface area (Å²) in [5.74, 6) is 1.02. The molecule has 19 heavy (non-hydrogen) atoms. The highest BCUT2D eigenvalue weighted by atomic mass is 16.2. The smallest absolute Gasteiger partial charge is 0.241 e. The zero-order valence-corrected chi connectivity index (χ0v) is 11.2. The Labute approximate surface area is 113 Å². The van der Waals surface area contributed by atoms with Crippen LogP contribution in [0.2, 0.25) is 0 Å². The van der Waals surface area contributed by atoms with Crippen molar-refractivity contribution in [3.63, 3.8) is 0 Å². The lowest BCUT2D eigenvalue weighted by Gasteiger charge is -2.37. The van der Waals surface area contributed by atoms with E-state index in [0.29, 0.717) is 6.54 Å². The van der Waals surface area contributed by atoms with Crippen LogP contribution in [0.1, 0.15) is 12.8 Å². The highest BCUT2D eigenvalue weighted by Gasteiger charge is 2.31. The lowest BCUT2D eigenvalue weighted by molar-refractivity contribution is -0.136. The third kappa shape index (κ3) is 3.25. The predicted octanol–water partition coefficient (Wildman–Crippen LogP) is -1.37. The van der Waals surface area contributed by atoms with Gasteiger partial charge in [-0.2, -0.15) is 0 Å². The van der Waals surface area contributed by atoms with Crippen LogP contribution in [0.5, 0.6) is 0 Å². The molecule has 6 heteroatoms. The van der Waals surface area contributed by atoms with Gasteiger partial charge in [0.25, 0.3) is 0 Å². The van der Waals surface area contributed by atoms with Crippen LogP contribution in [0.4, 0.5) is 0 Å². The van der Waals surface area contributed by atoms with E-state index in [1.807, 2.05) is 4.90 Å². The van der Waals surface area contributed by atoms with E-state index in [-0.39, 0.29) is 24.4 Å². The molecule has 2 saturated heterocycles. The molecule has 2 amide bonds.